The lowest BCUT2D eigenvalue weighted by molar-refractivity contribution is -0.152. The average molecular weight is 413 g/mol. The minimum atomic E-state index is -0.482. The van der Waals surface area contributed by atoms with Gasteiger partial charge in [-0.25, -0.2) is 9.07 Å². The molecule has 0 saturated heterocycles. The van der Waals surface area contributed by atoms with Crippen molar-refractivity contribution in [3.05, 3.63) is 71.7 Å². The normalized spacial score (nSPS) is 11.1. The van der Waals surface area contributed by atoms with Crippen LogP contribution in [0, 0.1) is 5.82 Å². The van der Waals surface area contributed by atoms with Crippen LogP contribution in [0.5, 0.6) is 5.75 Å². The van der Waals surface area contributed by atoms with E-state index in [4.69, 9.17) is 19.9 Å². The zero-order valence-corrected chi connectivity index (χ0v) is 16.9. The van der Waals surface area contributed by atoms with Crippen LogP contribution in [0.25, 0.3) is 5.69 Å². The molecule has 0 aliphatic carbocycles. The first kappa shape index (κ1) is 21.5. The molecule has 0 spiro atoms. The molecule has 158 valence electrons. The number of hydrogen-bond acceptors (Lipinski definition) is 6. The summed E-state index contributed by atoms with van der Waals surface area (Å²) in [6.07, 6.45) is 0.915. The summed E-state index contributed by atoms with van der Waals surface area (Å²) < 4.78 is 31.2. The van der Waals surface area contributed by atoms with Gasteiger partial charge in [-0.15, -0.1) is 0 Å². The largest absolute Gasteiger partial charge is 0.488 e. The number of carbonyl (C=O) groups excluding carboxylic acids is 1. The first-order valence-corrected chi connectivity index (χ1v) is 9.63. The van der Waals surface area contributed by atoms with Crippen LogP contribution in [0.1, 0.15) is 29.8 Å². The minimum Gasteiger partial charge on any atom is -0.488 e. The van der Waals surface area contributed by atoms with Gasteiger partial charge in [0.05, 0.1) is 17.4 Å². The molecule has 1 aromatic heterocycles. The molecule has 30 heavy (non-hydrogen) atoms. The van der Waals surface area contributed by atoms with E-state index in [9.17, 15) is 9.18 Å². The molecule has 3 aromatic rings. The number of nitrogens with zero attached hydrogens (tertiary/aromatic N) is 2. The third-order valence-electron chi connectivity index (χ3n) is 4.31. The number of nitrogen functional groups attached to an aromatic ring is 1. The maximum atomic E-state index is 13.2. The molecule has 0 saturated carbocycles. The highest BCUT2D eigenvalue weighted by Crippen LogP contribution is 2.22. The molecule has 8 heteroatoms. The van der Waals surface area contributed by atoms with Crippen molar-refractivity contribution in [3.63, 3.8) is 0 Å². The van der Waals surface area contributed by atoms with E-state index in [0.29, 0.717) is 30.2 Å². The van der Waals surface area contributed by atoms with E-state index in [2.05, 4.69) is 5.10 Å². The molecule has 2 N–H and O–H groups in total. The van der Waals surface area contributed by atoms with E-state index >= 15 is 0 Å². The third-order valence-corrected chi connectivity index (χ3v) is 4.31. The molecular weight excluding hydrogens is 389 g/mol. The molecule has 0 unspecified atom stereocenters. The number of rotatable bonds is 10. The quantitative estimate of drug-likeness (QED) is 0.404. The number of halogens is 1. The van der Waals surface area contributed by atoms with Gasteiger partial charge in [-0.05, 0) is 50.2 Å². The Morgan fingerprint density at radius 1 is 1.13 bits per heavy atom. The summed E-state index contributed by atoms with van der Waals surface area (Å²) in [6, 6.07) is 12.4. The molecular formula is C22H24FN3O4. The van der Waals surface area contributed by atoms with Crippen LogP contribution in [0.3, 0.4) is 0 Å². The molecule has 7 nitrogen and oxygen atoms in total. The summed E-state index contributed by atoms with van der Waals surface area (Å²) in [5.74, 6) is 0.0198. The Kier molecular flexibility index (Phi) is 7.16. The Balaban J connectivity index is 1.76. The molecule has 3 rings (SSSR count). The summed E-state index contributed by atoms with van der Waals surface area (Å²) in [5, 5.41) is 4.17. The van der Waals surface area contributed by atoms with Gasteiger partial charge >= 0.3 is 0 Å². The zero-order valence-electron chi connectivity index (χ0n) is 16.9. The van der Waals surface area contributed by atoms with Crippen LogP contribution in [0.15, 0.2) is 54.7 Å². The van der Waals surface area contributed by atoms with Crippen LogP contribution < -0.4 is 10.5 Å². The fourth-order valence-corrected chi connectivity index (χ4v) is 2.88. The van der Waals surface area contributed by atoms with Crippen molar-refractivity contribution in [2.24, 2.45) is 0 Å². The van der Waals surface area contributed by atoms with Crippen LogP contribution in [0.2, 0.25) is 0 Å². The lowest BCUT2D eigenvalue weighted by Gasteiger charge is -2.17. The van der Waals surface area contributed by atoms with Gasteiger partial charge < -0.3 is 19.9 Å². The Labute approximate surface area is 174 Å². The van der Waals surface area contributed by atoms with E-state index in [1.165, 1.54) is 35.1 Å². The summed E-state index contributed by atoms with van der Waals surface area (Å²) in [7, 11) is 0. The van der Waals surface area contributed by atoms with E-state index < -0.39 is 6.29 Å². The Bertz CT molecular complexity index is 982. The fourth-order valence-electron chi connectivity index (χ4n) is 2.88. The zero-order chi connectivity index (χ0) is 21.5. The van der Waals surface area contributed by atoms with Crippen molar-refractivity contribution < 1.29 is 23.4 Å². The predicted molar refractivity (Wildman–Crippen MR) is 110 cm³/mol. The summed E-state index contributed by atoms with van der Waals surface area (Å²) >= 11 is 0. The monoisotopic (exact) mass is 413 g/mol. The molecule has 0 aliphatic heterocycles. The number of ketones is 1. The van der Waals surface area contributed by atoms with E-state index in [0.717, 1.165) is 0 Å². The standard InChI is InChI=1S/C22H24FN3O4/c1-3-28-20(29-4-2)14-30-18-7-5-6-15(12-18)21(27)19-13-25-26(22(19)24)17-10-8-16(23)9-11-17/h5-13,20H,3-4,14,24H2,1-2H3. The van der Waals surface area contributed by atoms with Gasteiger partial charge in [0.15, 0.2) is 12.1 Å². The summed E-state index contributed by atoms with van der Waals surface area (Å²) in [4.78, 5) is 13.0. The van der Waals surface area contributed by atoms with Crippen molar-refractivity contribution in [2.45, 2.75) is 20.1 Å². The smallest absolute Gasteiger partial charge is 0.198 e. The van der Waals surface area contributed by atoms with Crippen LogP contribution in [0.4, 0.5) is 10.2 Å². The topological polar surface area (TPSA) is 88.6 Å². The number of nitrogens with two attached hydrogens (primary N) is 1. The minimum absolute atomic E-state index is 0.172. The van der Waals surface area contributed by atoms with Gasteiger partial charge in [-0.3, -0.25) is 4.79 Å². The molecule has 0 amide bonds. The molecule has 1 heterocycles. The highest BCUT2D eigenvalue weighted by Gasteiger charge is 2.19. The maximum absolute atomic E-state index is 13.2. The summed E-state index contributed by atoms with van der Waals surface area (Å²) in [6.45, 7) is 4.96. The van der Waals surface area contributed by atoms with Crippen molar-refractivity contribution in [2.75, 3.05) is 25.6 Å². The van der Waals surface area contributed by atoms with Gasteiger partial charge in [-0.2, -0.15) is 5.10 Å². The number of anilines is 1. The second-order valence-electron chi connectivity index (χ2n) is 6.34. The van der Waals surface area contributed by atoms with Gasteiger partial charge in [0.2, 0.25) is 0 Å². The van der Waals surface area contributed by atoms with Crippen molar-refractivity contribution in [3.8, 4) is 11.4 Å². The SMILES string of the molecule is CCOC(COc1cccc(C(=O)c2cnn(-c3ccc(F)cc3)c2N)c1)OCC. The molecule has 2 aromatic carbocycles. The Morgan fingerprint density at radius 3 is 2.50 bits per heavy atom. The van der Waals surface area contributed by atoms with E-state index in [1.807, 2.05) is 13.8 Å². The molecule has 0 radical (unpaired) electrons. The average Bonchev–Trinajstić information content (AvgIpc) is 3.14. The van der Waals surface area contributed by atoms with Crippen molar-refractivity contribution in [1.82, 2.24) is 9.78 Å². The number of benzene rings is 2. The Hall–Kier alpha value is -3.23. The van der Waals surface area contributed by atoms with Gasteiger partial charge in [0.25, 0.3) is 0 Å². The second-order valence-corrected chi connectivity index (χ2v) is 6.34. The Morgan fingerprint density at radius 2 is 1.83 bits per heavy atom. The van der Waals surface area contributed by atoms with Gasteiger partial charge in [-0.1, -0.05) is 12.1 Å². The highest BCUT2D eigenvalue weighted by molar-refractivity contribution is 6.11. The predicted octanol–water partition coefficient (Wildman–Crippen LogP) is 3.60. The van der Waals surface area contributed by atoms with Crippen molar-refractivity contribution in [1.29, 1.82) is 0 Å². The van der Waals surface area contributed by atoms with E-state index in [-0.39, 0.29) is 29.6 Å². The highest BCUT2D eigenvalue weighted by atomic mass is 19.1. The molecule has 0 bridgehead atoms. The van der Waals surface area contributed by atoms with E-state index in [1.54, 1.807) is 24.3 Å². The number of hydrogen-bond donors (Lipinski definition) is 1. The fraction of sp³-hybridized carbons (Fsp3) is 0.273. The lowest BCUT2D eigenvalue weighted by atomic mass is 10.1. The lowest BCUT2D eigenvalue weighted by Crippen LogP contribution is -2.25. The van der Waals surface area contributed by atoms with Gasteiger partial charge in [0, 0.05) is 18.8 Å². The molecule has 0 aliphatic rings. The first-order chi connectivity index (χ1) is 14.5. The van der Waals surface area contributed by atoms with Crippen LogP contribution in [-0.4, -0.2) is 41.7 Å². The van der Waals surface area contributed by atoms with Crippen LogP contribution >= 0.6 is 0 Å². The maximum Gasteiger partial charge on any atom is 0.198 e. The molecule has 0 atom stereocenters. The third kappa shape index (κ3) is 5.03. The number of aromatic nitrogens is 2. The van der Waals surface area contributed by atoms with Gasteiger partial charge in [0.1, 0.15) is 24.0 Å². The van der Waals surface area contributed by atoms with Crippen molar-refractivity contribution >= 4 is 11.6 Å². The summed E-state index contributed by atoms with van der Waals surface area (Å²) in [5.41, 5.74) is 7.35. The number of carbonyl (C=O) groups is 1. The van der Waals surface area contributed by atoms with Crippen LogP contribution in [-0.2, 0) is 9.47 Å². The number of ether oxygens (including phenoxy) is 3. The second kappa shape index (κ2) is 10.00. The molecule has 0 fully saturated rings. The first-order valence-electron chi connectivity index (χ1n) is 9.63.